The van der Waals surface area contributed by atoms with Gasteiger partial charge in [0.05, 0.1) is 29.1 Å². The van der Waals surface area contributed by atoms with E-state index in [4.69, 9.17) is 32.4 Å². The average Bonchev–Trinajstić information content (AvgIpc) is 3.48. The zero-order valence-corrected chi connectivity index (χ0v) is 24.2. The van der Waals surface area contributed by atoms with Gasteiger partial charge in [-0.2, -0.15) is 0 Å². The summed E-state index contributed by atoms with van der Waals surface area (Å²) in [4.78, 5) is 42.0. The fourth-order valence-electron chi connectivity index (χ4n) is 4.68. The van der Waals surface area contributed by atoms with Crippen molar-refractivity contribution in [3.63, 3.8) is 0 Å². The molecule has 4 aromatic rings. The summed E-state index contributed by atoms with van der Waals surface area (Å²) in [5.41, 5.74) is 2.80. The van der Waals surface area contributed by atoms with E-state index in [9.17, 15) is 14.4 Å². The first-order valence-corrected chi connectivity index (χ1v) is 13.9. The van der Waals surface area contributed by atoms with Crippen molar-refractivity contribution in [2.24, 2.45) is 0 Å². The van der Waals surface area contributed by atoms with Gasteiger partial charge in [0.25, 0.3) is 5.91 Å². The first kappa shape index (κ1) is 29.0. The lowest BCUT2D eigenvalue weighted by atomic mass is 10.1. The van der Waals surface area contributed by atoms with Crippen LogP contribution in [0.2, 0.25) is 10.0 Å². The van der Waals surface area contributed by atoms with Gasteiger partial charge >= 0.3 is 5.97 Å². The van der Waals surface area contributed by atoms with Crippen LogP contribution in [0.15, 0.2) is 89.4 Å². The smallest absolute Gasteiger partial charge is 0.337 e. The van der Waals surface area contributed by atoms with Crippen LogP contribution in [0.1, 0.15) is 26.5 Å². The largest absolute Gasteiger partial charge is 0.465 e. The van der Waals surface area contributed by atoms with Crippen LogP contribution in [0, 0.1) is 0 Å². The Balaban J connectivity index is 1.30. The van der Waals surface area contributed by atoms with E-state index in [1.807, 2.05) is 23.1 Å². The number of methoxy groups -OCH3 is 1. The van der Waals surface area contributed by atoms with Gasteiger partial charge in [0, 0.05) is 48.4 Å². The van der Waals surface area contributed by atoms with Crippen molar-refractivity contribution in [2.45, 2.75) is 0 Å². The number of furan rings is 1. The Morgan fingerprint density at radius 1 is 0.881 bits per heavy atom. The van der Waals surface area contributed by atoms with Gasteiger partial charge in [-0.3, -0.25) is 9.59 Å². The Bertz CT molecular complexity index is 1640. The SMILES string of the molecule is COC(=O)c1ccc(N2CCN(C(=O)c3ccccc3)CC2)c(NC(=O)/C=C/c2ccc(-c3ccc(Cl)cc3Cl)o2)c1. The van der Waals surface area contributed by atoms with Crippen molar-refractivity contribution in [1.82, 2.24) is 4.90 Å². The van der Waals surface area contributed by atoms with Crippen LogP contribution in [0.5, 0.6) is 0 Å². The molecule has 10 heteroatoms. The topological polar surface area (TPSA) is 92.1 Å². The Morgan fingerprint density at radius 2 is 1.64 bits per heavy atom. The van der Waals surface area contributed by atoms with Gasteiger partial charge in [0.2, 0.25) is 5.91 Å². The van der Waals surface area contributed by atoms with E-state index in [2.05, 4.69) is 10.2 Å². The van der Waals surface area contributed by atoms with Crippen LogP contribution in [0.25, 0.3) is 17.4 Å². The molecule has 1 aliphatic heterocycles. The molecule has 2 amide bonds. The van der Waals surface area contributed by atoms with Gasteiger partial charge in [-0.15, -0.1) is 0 Å². The first-order valence-electron chi connectivity index (χ1n) is 13.2. The maximum absolute atomic E-state index is 13.0. The van der Waals surface area contributed by atoms with Crippen molar-refractivity contribution in [3.05, 3.63) is 112 Å². The number of hydrogen-bond donors (Lipinski definition) is 1. The molecule has 1 fully saturated rings. The number of piperazine rings is 1. The van der Waals surface area contributed by atoms with Crippen LogP contribution < -0.4 is 10.2 Å². The highest BCUT2D eigenvalue weighted by Crippen LogP contribution is 2.32. The second-order valence-corrected chi connectivity index (χ2v) is 10.4. The lowest BCUT2D eigenvalue weighted by molar-refractivity contribution is -0.111. The van der Waals surface area contributed by atoms with E-state index in [1.165, 1.54) is 13.2 Å². The lowest BCUT2D eigenvalue weighted by Crippen LogP contribution is -2.49. The highest BCUT2D eigenvalue weighted by molar-refractivity contribution is 6.36. The number of carbonyl (C=O) groups is 3. The molecule has 0 aliphatic carbocycles. The Hall–Kier alpha value is -4.53. The fraction of sp³-hybridized carbons (Fsp3) is 0.156. The Morgan fingerprint density at radius 3 is 2.36 bits per heavy atom. The van der Waals surface area contributed by atoms with Gasteiger partial charge < -0.3 is 24.3 Å². The molecule has 1 saturated heterocycles. The molecule has 0 radical (unpaired) electrons. The summed E-state index contributed by atoms with van der Waals surface area (Å²) in [7, 11) is 1.30. The summed E-state index contributed by atoms with van der Waals surface area (Å²) < 4.78 is 10.7. The van der Waals surface area contributed by atoms with Gasteiger partial charge in [0.1, 0.15) is 11.5 Å². The lowest BCUT2D eigenvalue weighted by Gasteiger charge is -2.37. The van der Waals surface area contributed by atoms with Crippen molar-refractivity contribution in [3.8, 4) is 11.3 Å². The quantitative estimate of drug-likeness (QED) is 0.188. The zero-order valence-electron chi connectivity index (χ0n) is 22.7. The molecule has 3 aromatic carbocycles. The minimum atomic E-state index is -0.519. The Kier molecular flexibility index (Phi) is 8.95. The number of amides is 2. The van der Waals surface area contributed by atoms with Crippen LogP contribution >= 0.6 is 23.2 Å². The molecular formula is C32H27Cl2N3O5. The number of nitrogens with one attached hydrogen (secondary N) is 1. The predicted octanol–water partition coefficient (Wildman–Crippen LogP) is 6.65. The summed E-state index contributed by atoms with van der Waals surface area (Å²) in [5, 5.41) is 3.85. The van der Waals surface area contributed by atoms with Crippen LogP contribution in [0.4, 0.5) is 11.4 Å². The third kappa shape index (κ3) is 6.67. The predicted molar refractivity (Wildman–Crippen MR) is 164 cm³/mol. The van der Waals surface area contributed by atoms with Crippen molar-refractivity contribution < 1.29 is 23.5 Å². The second kappa shape index (κ2) is 13.0. The maximum atomic E-state index is 13.0. The van der Waals surface area contributed by atoms with Gasteiger partial charge in [-0.25, -0.2) is 4.79 Å². The maximum Gasteiger partial charge on any atom is 0.337 e. The minimum Gasteiger partial charge on any atom is -0.465 e. The number of halogens is 2. The highest BCUT2D eigenvalue weighted by atomic mass is 35.5. The fourth-order valence-corrected chi connectivity index (χ4v) is 5.18. The average molecular weight is 604 g/mol. The second-order valence-electron chi connectivity index (χ2n) is 9.52. The summed E-state index contributed by atoms with van der Waals surface area (Å²) in [6, 6.07) is 22.8. The van der Waals surface area contributed by atoms with Crippen molar-refractivity contribution in [2.75, 3.05) is 43.5 Å². The molecule has 214 valence electrons. The van der Waals surface area contributed by atoms with E-state index < -0.39 is 11.9 Å². The number of esters is 1. The molecule has 0 saturated carbocycles. The number of ether oxygens (including phenoxy) is 1. The number of rotatable bonds is 7. The van der Waals surface area contributed by atoms with Crippen molar-refractivity contribution in [1.29, 1.82) is 0 Å². The van der Waals surface area contributed by atoms with Crippen molar-refractivity contribution >= 4 is 58.4 Å². The number of carbonyl (C=O) groups excluding carboxylic acids is 3. The van der Waals surface area contributed by atoms with Gasteiger partial charge in [-0.05, 0) is 66.7 Å². The third-order valence-corrected chi connectivity index (χ3v) is 7.37. The first-order chi connectivity index (χ1) is 20.3. The molecule has 8 nitrogen and oxygen atoms in total. The molecule has 2 heterocycles. The highest BCUT2D eigenvalue weighted by Gasteiger charge is 2.24. The molecule has 0 bridgehead atoms. The number of hydrogen-bond acceptors (Lipinski definition) is 6. The molecule has 1 N–H and O–H groups in total. The summed E-state index contributed by atoms with van der Waals surface area (Å²) in [6.45, 7) is 2.13. The molecular weight excluding hydrogens is 577 g/mol. The number of nitrogens with zero attached hydrogens (tertiary/aromatic N) is 2. The molecule has 0 spiro atoms. The normalized spacial score (nSPS) is 13.3. The summed E-state index contributed by atoms with van der Waals surface area (Å²) in [5.74, 6) is 0.0337. The number of benzene rings is 3. The van der Waals surface area contributed by atoms with E-state index >= 15 is 0 Å². The number of anilines is 2. The monoisotopic (exact) mass is 603 g/mol. The third-order valence-electron chi connectivity index (χ3n) is 6.83. The molecule has 1 aromatic heterocycles. The molecule has 42 heavy (non-hydrogen) atoms. The molecule has 0 atom stereocenters. The molecule has 0 unspecified atom stereocenters. The van der Waals surface area contributed by atoms with E-state index in [-0.39, 0.29) is 5.91 Å². The standard InChI is InChI=1S/C32H27Cl2N3O5/c1-41-32(40)22-7-12-28(36-15-17-37(18-16-36)31(39)21-5-3-2-4-6-21)27(19-22)35-30(38)14-10-24-9-13-29(42-24)25-11-8-23(33)20-26(25)34/h2-14,19-20H,15-18H2,1H3,(H,35,38)/b14-10+. The van der Waals surface area contributed by atoms with Gasteiger partial charge in [0.15, 0.2) is 0 Å². The van der Waals surface area contributed by atoms with E-state index in [0.29, 0.717) is 70.1 Å². The van der Waals surface area contributed by atoms with Gasteiger partial charge in [-0.1, -0.05) is 41.4 Å². The minimum absolute atomic E-state index is 0.0191. The Labute approximate surface area is 253 Å². The molecule has 5 rings (SSSR count). The molecule has 1 aliphatic rings. The zero-order chi connectivity index (χ0) is 29.6. The van der Waals surface area contributed by atoms with Crippen LogP contribution in [-0.2, 0) is 9.53 Å². The van der Waals surface area contributed by atoms with E-state index in [0.717, 1.165) is 5.69 Å². The van der Waals surface area contributed by atoms with Crippen LogP contribution in [0.3, 0.4) is 0 Å². The summed E-state index contributed by atoms with van der Waals surface area (Å²) in [6.07, 6.45) is 2.89. The van der Waals surface area contributed by atoms with Crippen LogP contribution in [-0.4, -0.2) is 56.0 Å². The van der Waals surface area contributed by atoms with E-state index in [1.54, 1.807) is 66.7 Å². The summed E-state index contributed by atoms with van der Waals surface area (Å²) >= 11 is 12.3.